The Morgan fingerprint density at radius 1 is 1.30 bits per heavy atom. The molecule has 0 fully saturated rings. The molecule has 1 unspecified atom stereocenters. The van der Waals surface area contributed by atoms with E-state index in [2.05, 4.69) is 15.6 Å². The Hall–Kier alpha value is -3.65. The summed E-state index contributed by atoms with van der Waals surface area (Å²) >= 11 is 0. The van der Waals surface area contributed by atoms with Crippen molar-refractivity contribution in [2.75, 3.05) is 13.7 Å². The molecule has 0 radical (unpaired) electrons. The molecule has 0 aliphatic heterocycles. The quantitative estimate of drug-likeness (QED) is 0.376. The molecule has 3 aromatic rings. The molecule has 1 atom stereocenters. The van der Waals surface area contributed by atoms with Gasteiger partial charge >= 0.3 is 0 Å². The highest BCUT2D eigenvalue weighted by atomic mass is 16.5. The number of ether oxygens (including phenoxy) is 1. The summed E-state index contributed by atoms with van der Waals surface area (Å²) in [5, 5.41) is 13.7. The number of nitrogens with zero attached hydrogens (tertiary/aromatic N) is 1. The first-order chi connectivity index (χ1) is 15.7. The number of fused-ring (bicyclic) bond motifs is 1. The molecular weight excluding hydrogens is 418 g/mol. The Balaban J connectivity index is 1.86. The van der Waals surface area contributed by atoms with Gasteiger partial charge in [-0.1, -0.05) is 0 Å². The van der Waals surface area contributed by atoms with Crippen molar-refractivity contribution in [2.24, 2.45) is 0 Å². The van der Waals surface area contributed by atoms with E-state index in [0.29, 0.717) is 16.8 Å². The van der Waals surface area contributed by atoms with E-state index < -0.39 is 0 Å². The van der Waals surface area contributed by atoms with Gasteiger partial charge in [-0.05, 0) is 75.4 Å². The van der Waals surface area contributed by atoms with Gasteiger partial charge in [0.05, 0.1) is 24.1 Å². The van der Waals surface area contributed by atoms with Crippen molar-refractivity contribution >= 4 is 17.1 Å². The zero-order chi connectivity index (χ0) is 24.1. The Kier molecular flexibility index (Phi) is 7.50. The van der Waals surface area contributed by atoms with Gasteiger partial charge in [-0.25, -0.2) is 0 Å². The third kappa shape index (κ3) is 5.40. The lowest BCUT2D eigenvalue weighted by Crippen LogP contribution is -2.29. The maximum atomic E-state index is 13.1. The number of aryl methyl sites for hydroxylation is 2. The minimum Gasteiger partial charge on any atom is -0.394 e. The molecule has 1 amide bonds. The van der Waals surface area contributed by atoms with Gasteiger partial charge in [0.25, 0.3) is 11.5 Å². The number of aromatic amines is 1. The van der Waals surface area contributed by atoms with Gasteiger partial charge < -0.3 is 30.2 Å². The van der Waals surface area contributed by atoms with Crippen LogP contribution in [0.25, 0.3) is 5.52 Å². The van der Waals surface area contributed by atoms with Crippen LogP contribution in [0.3, 0.4) is 0 Å². The first-order valence-corrected chi connectivity index (χ1v) is 10.8. The summed E-state index contributed by atoms with van der Waals surface area (Å²) in [6.45, 7) is 7.78. The lowest BCUT2D eigenvalue weighted by Gasteiger charge is -2.20. The van der Waals surface area contributed by atoms with Gasteiger partial charge in [0.1, 0.15) is 0 Å². The van der Waals surface area contributed by atoms with Crippen molar-refractivity contribution in [3.63, 3.8) is 0 Å². The van der Waals surface area contributed by atoms with Crippen molar-refractivity contribution in [3.8, 4) is 0 Å². The van der Waals surface area contributed by atoms with Crippen LogP contribution in [0.15, 0.2) is 47.5 Å². The standard InChI is InChI=1S/C25H31N5O3/c1-15-11-16(2)29-25(32)22(15)13-28-24(31)21-12-20-7-6-10-30(20)23(17(21)3)18(4)33-14-19(26)8-9-27-5/h6-12,18,26-27H,13-14H2,1-5H3,(H,28,31)(H,29,32)/b9-8-,26-19?. The monoisotopic (exact) mass is 449 g/mol. The van der Waals surface area contributed by atoms with E-state index in [4.69, 9.17) is 10.1 Å². The molecule has 3 rings (SSSR count). The van der Waals surface area contributed by atoms with Crippen LogP contribution in [0.1, 0.15) is 51.5 Å². The average molecular weight is 450 g/mol. The van der Waals surface area contributed by atoms with E-state index in [1.165, 1.54) is 0 Å². The molecule has 0 spiro atoms. The summed E-state index contributed by atoms with van der Waals surface area (Å²) in [6.07, 6.45) is 4.90. The van der Waals surface area contributed by atoms with Crippen LogP contribution in [-0.2, 0) is 11.3 Å². The normalized spacial score (nSPS) is 12.3. The molecule has 0 aliphatic carbocycles. The number of hydrogen-bond acceptors (Lipinski definition) is 5. The fourth-order valence-electron chi connectivity index (χ4n) is 3.93. The molecular formula is C25H31N5O3. The number of aromatic nitrogens is 2. The zero-order valence-electron chi connectivity index (χ0n) is 19.7. The molecule has 0 bridgehead atoms. The van der Waals surface area contributed by atoms with E-state index in [1.807, 2.05) is 62.6 Å². The first-order valence-electron chi connectivity index (χ1n) is 10.8. The number of carbonyl (C=O) groups is 1. The van der Waals surface area contributed by atoms with Crippen molar-refractivity contribution in [2.45, 2.75) is 40.3 Å². The van der Waals surface area contributed by atoms with Crippen LogP contribution in [0, 0.1) is 26.2 Å². The zero-order valence-corrected chi connectivity index (χ0v) is 19.7. The van der Waals surface area contributed by atoms with Crippen molar-refractivity contribution in [3.05, 3.63) is 86.7 Å². The number of pyridine rings is 2. The molecule has 3 aromatic heterocycles. The molecule has 0 aromatic carbocycles. The number of H-pyrrole nitrogens is 1. The topological polar surface area (TPSA) is 111 Å². The van der Waals surface area contributed by atoms with E-state index in [-0.39, 0.29) is 30.7 Å². The van der Waals surface area contributed by atoms with E-state index >= 15 is 0 Å². The molecule has 4 N–H and O–H groups in total. The highest BCUT2D eigenvalue weighted by Crippen LogP contribution is 2.26. The van der Waals surface area contributed by atoms with E-state index in [0.717, 1.165) is 28.0 Å². The van der Waals surface area contributed by atoms with Gasteiger partial charge in [0.2, 0.25) is 0 Å². The minimum absolute atomic E-state index is 0.141. The maximum Gasteiger partial charge on any atom is 0.253 e. The molecule has 8 heteroatoms. The van der Waals surface area contributed by atoms with Gasteiger partial charge in [0, 0.05) is 42.1 Å². The molecule has 0 saturated heterocycles. The van der Waals surface area contributed by atoms with Crippen LogP contribution >= 0.6 is 0 Å². The second-order valence-corrected chi connectivity index (χ2v) is 8.10. The summed E-state index contributed by atoms with van der Waals surface area (Å²) in [6, 6.07) is 7.57. The highest BCUT2D eigenvalue weighted by molar-refractivity contribution is 5.97. The fraction of sp³-hybridized carbons (Fsp3) is 0.320. The number of hydrogen-bond donors (Lipinski definition) is 4. The highest BCUT2D eigenvalue weighted by Gasteiger charge is 2.20. The second kappa shape index (κ2) is 10.3. The average Bonchev–Trinajstić information content (AvgIpc) is 3.22. The lowest BCUT2D eigenvalue weighted by atomic mass is 10.0. The Morgan fingerprint density at radius 3 is 2.76 bits per heavy atom. The molecule has 8 nitrogen and oxygen atoms in total. The summed E-state index contributed by atoms with van der Waals surface area (Å²) in [5.41, 5.74) is 5.34. The predicted molar refractivity (Wildman–Crippen MR) is 130 cm³/mol. The second-order valence-electron chi connectivity index (χ2n) is 8.10. The van der Waals surface area contributed by atoms with Crippen LogP contribution < -0.4 is 16.2 Å². The van der Waals surface area contributed by atoms with Crippen LogP contribution in [0.2, 0.25) is 0 Å². The van der Waals surface area contributed by atoms with Crippen molar-refractivity contribution in [1.82, 2.24) is 20.0 Å². The first kappa shape index (κ1) is 24.0. The molecule has 33 heavy (non-hydrogen) atoms. The fourth-order valence-corrected chi connectivity index (χ4v) is 3.93. The van der Waals surface area contributed by atoms with E-state index in [9.17, 15) is 9.59 Å². The maximum absolute atomic E-state index is 13.1. The van der Waals surface area contributed by atoms with Gasteiger partial charge in [-0.15, -0.1) is 0 Å². The number of rotatable bonds is 9. The number of nitrogens with one attached hydrogen (secondary N) is 4. The van der Waals surface area contributed by atoms with Gasteiger partial charge in [-0.3, -0.25) is 9.59 Å². The van der Waals surface area contributed by atoms with Crippen LogP contribution in [0.4, 0.5) is 0 Å². The largest absolute Gasteiger partial charge is 0.394 e. The Bertz CT molecular complexity index is 1270. The van der Waals surface area contributed by atoms with Crippen molar-refractivity contribution < 1.29 is 9.53 Å². The summed E-state index contributed by atoms with van der Waals surface area (Å²) in [5.74, 6) is -0.256. The predicted octanol–water partition coefficient (Wildman–Crippen LogP) is 3.31. The van der Waals surface area contributed by atoms with Crippen molar-refractivity contribution in [1.29, 1.82) is 5.41 Å². The minimum atomic E-state index is -0.349. The molecule has 174 valence electrons. The summed E-state index contributed by atoms with van der Waals surface area (Å²) in [7, 11) is 1.77. The molecule has 0 saturated carbocycles. The summed E-state index contributed by atoms with van der Waals surface area (Å²) in [4.78, 5) is 28.2. The molecule has 0 aliphatic rings. The van der Waals surface area contributed by atoms with Crippen LogP contribution in [-0.4, -0.2) is 34.7 Å². The van der Waals surface area contributed by atoms with E-state index in [1.54, 1.807) is 19.3 Å². The Morgan fingerprint density at radius 2 is 2.06 bits per heavy atom. The Labute approximate surface area is 193 Å². The number of carbonyl (C=O) groups excluding carboxylic acids is 1. The van der Waals surface area contributed by atoms with Gasteiger partial charge in [-0.2, -0.15) is 0 Å². The number of amides is 1. The smallest absolute Gasteiger partial charge is 0.253 e. The third-order valence-electron chi connectivity index (χ3n) is 5.61. The lowest BCUT2D eigenvalue weighted by molar-refractivity contribution is 0.0909. The SMILES string of the molecule is CN/C=C\C(=N)COC(C)c1c(C)c(C(=O)NCc2c(C)cc(C)[nH]c2=O)cc2cccn12. The summed E-state index contributed by atoms with van der Waals surface area (Å²) < 4.78 is 7.95. The third-order valence-corrected chi connectivity index (χ3v) is 5.61. The van der Waals surface area contributed by atoms with Crippen LogP contribution in [0.5, 0.6) is 0 Å². The molecule has 3 heterocycles. The van der Waals surface area contributed by atoms with Gasteiger partial charge in [0.15, 0.2) is 0 Å².